The number of amides is 1. The maximum absolute atomic E-state index is 12.7. The molecule has 3 rings (SSSR count). The summed E-state index contributed by atoms with van der Waals surface area (Å²) in [5.74, 6) is -0.438. The molecule has 2 heterocycles. The first-order chi connectivity index (χ1) is 13.3. The Morgan fingerprint density at radius 3 is 2.71 bits per heavy atom. The van der Waals surface area contributed by atoms with Gasteiger partial charge in [-0.3, -0.25) is 19.1 Å². The molecule has 0 unspecified atom stereocenters. The number of aryl methyl sites for hydroxylation is 1. The van der Waals surface area contributed by atoms with Crippen molar-refractivity contribution < 1.29 is 4.79 Å². The number of halogens is 1. The molecule has 146 valence electrons. The predicted octanol–water partition coefficient (Wildman–Crippen LogP) is 2.47. The molecule has 0 atom stereocenters. The van der Waals surface area contributed by atoms with E-state index in [4.69, 9.17) is 11.6 Å². The van der Waals surface area contributed by atoms with Crippen molar-refractivity contribution in [1.29, 1.82) is 0 Å². The summed E-state index contributed by atoms with van der Waals surface area (Å²) in [5.41, 5.74) is 0.673. The van der Waals surface area contributed by atoms with E-state index in [0.29, 0.717) is 23.7 Å². The summed E-state index contributed by atoms with van der Waals surface area (Å²) in [6.45, 7) is 2.33. The van der Waals surface area contributed by atoms with Crippen molar-refractivity contribution in [1.82, 2.24) is 14.5 Å². The minimum atomic E-state index is -0.578. The second kappa shape index (κ2) is 7.85. The molecule has 9 heteroatoms. The Balaban J connectivity index is 2.03. The lowest BCUT2D eigenvalue weighted by atomic mass is 10.2. The van der Waals surface area contributed by atoms with Crippen molar-refractivity contribution in [2.75, 3.05) is 24.3 Å². The SMILES string of the molecule is CCCn1c(=O)[nH]c(=O)c2cc(C(=O)Nc3cc(Cl)ccc3N(C)C)cnc21. The molecule has 2 aromatic heterocycles. The van der Waals surface area contributed by atoms with E-state index < -0.39 is 17.2 Å². The number of hydrogen-bond donors (Lipinski definition) is 2. The van der Waals surface area contributed by atoms with Crippen molar-refractivity contribution in [2.24, 2.45) is 0 Å². The molecule has 0 bridgehead atoms. The van der Waals surface area contributed by atoms with Crippen LogP contribution in [-0.2, 0) is 6.54 Å². The highest BCUT2D eigenvalue weighted by Crippen LogP contribution is 2.28. The molecular formula is C19H20ClN5O3. The van der Waals surface area contributed by atoms with E-state index in [-0.39, 0.29) is 16.6 Å². The van der Waals surface area contributed by atoms with Crippen LogP contribution in [0.5, 0.6) is 0 Å². The van der Waals surface area contributed by atoms with Gasteiger partial charge in [0, 0.05) is 31.9 Å². The first-order valence-corrected chi connectivity index (χ1v) is 9.10. The Morgan fingerprint density at radius 1 is 1.29 bits per heavy atom. The Morgan fingerprint density at radius 2 is 2.04 bits per heavy atom. The lowest BCUT2D eigenvalue weighted by Gasteiger charge is -2.18. The van der Waals surface area contributed by atoms with Gasteiger partial charge in [-0.05, 0) is 30.7 Å². The van der Waals surface area contributed by atoms with E-state index in [0.717, 1.165) is 5.69 Å². The number of carbonyl (C=O) groups excluding carboxylic acids is 1. The molecule has 0 spiro atoms. The summed E-state index contributed by atoms with van der Waals surface area (Å²) in [6.07, 6.45) is 2.05. The third-order valence-corrected chi connectivity index (χ3v) is 4.47. The largest absolute Gasteiger partial charge is 0.376 e. The average Bonchev–Trinajstić information content (AvgIpc) is 2.64. The van der Waals surface area contributed by atoms with Gasteiger partial charge in [-0.2, -0.15) is 0 Å². The molecule has 28 heavy (non-hydrogen) atoms. The number of anilines is 2. The minimum Gasteiger partial charge on any atom is -0.376 e. The monoisotopic (exact) mass is 401 g/mol. The van der Waals surface area contributed by atoms with Crippen molar-refractivity contribution >= 4 is 39.9 Å². The predicted molar refractivity (Wildman–Crippen MR) is 111 cm³/mol. The number of hydrogen-bond acceptors (Lipinski definition) is 5. The second-order valence-corrected chi connectivity index (χ2v) is 6.95. The van der Waals surface area contributed by atoms with Gasteiger partial charge >= 0.3 is 5.69 Å². The Hall–Kier alpha value is -3.13. The van der Waals surface area contributed by atoms with Crippen LogP contribution in [0.1, 0.15) is 23.7 Å². The first-order valence-electron chi connectivity index (χ1n) is 8.73. The van der Waals surface area contributed by atoms with Gasteiger partial charge in [0.2, 0.25) is 0 Å². The molecule has 1 amide bonds. The van der Waals surface area contributed by atoms with E-state index in [1.165, 1.54) is 16.8 Å². The number of aromatic amines is 1. The van der Waals surface area contributed by atoms with Gasteiger partial charge in [-0.15, -0.1) is 0 Å². The van der Waals surface area contributed by atoms with Gasteiger partial charge in [0.15, 0.2) is 0 Å². The summed E-state index contributed by atoms with van der Waals surface area (Å²) in [4.78, 5) is 45.3. The van der Waals surface area contributed by atoms with Crippen LogP contribution < -0.4 is 21.5 Å². The third kappa shape index (κ3) is 3.77. The number of rotatable bonds is 5. The number of H-pyrrole nitrogens is 1. The lowest BCUT2D eigenvalue weighted by Crippen LogP contribution is -2.31. The first kappa shape index (κ1) is 19.6. The number of fused-ring (bicyclic) bond motifs is 1. The van der Waals surface area contributed by atoms with Gasteiger partial charge in [-0.1, -0.05) is 18.5 Å². The Kier molecular flexibility index (Phi) is 5.51. The average molecular weight is 402 g/mol. The molecular weight excluding hydrogens is 382 g/mol. The van der Waals surface area contributed by atoms with E-state index in [1.807, 2.05) is 25.9 Å². The van der Waals surface area contributed by atoms with E-state index in [9.17, 15) is 14.4 Å². The number of nitrogens with zero attached hydrogens (tertiary/aromatic N) is 3. The number of nitrogens with one attached hydrogen (secondary N) is 2. The number of aromatic nitrogens is 3. The normalized spacial score (nSPS) is 10.9. The van der Waals surface area contributed by atoms with Crippen molar-refractivity contribution in [3.05, 3.63) is 61.9 Å². The van der Waals surface area contributed by atoms with Crippen molar-refractivity contribution in [2.45, 2.75) is 19.9 Å². The zero-order valence-electron chi connectivity index (χ0n) is 15.7. The third-order valence-electron chi connectivity index (χ3n) is 4.23. The summed E-state index contributed by atoms with van der Waals surface area (Å²) in [5, 5.41) is 3.46. The Bertz CT molecular complexity index is 1170. The fraction of sp³-hybridized carbons (Fsp3) is 0.263. The zero-order chi connectivity index (χ0) is 20.4. The highest BCUT2D eigenvalue weighted by Gasteiger charge is 2.15. The standard InChI is InChI=1S/C19H20ClN5O3/c1-4-7-25-16-13(18(27)23-19(25)28)8-11(10-21-16)17(26)22-14-9-12(20)5-6-15(14)24(2)3/h5-6,8-10H,4,7H2,1-3H3,(H,22,26)(H,23,27,28). The Labute approximate surface area is 165 Å². The van der Waals surface area contributed by atoms with Crippen LogP contribution in [0.4, 0.5) is 11.4 Å². The minimum absolute atomic E-state index is 0.180. The summed E-state index contributed by atoms with van der Waals surface area (Å²) in [7, 11) is 3.70. The molecule has 3 aromatic rings. The van der Waals surface area contributed by atoms with Crippen molar-refractivity contribution in [3.63, 3.8) is 0 Å². The van der Waals surface area contributed by atoms with Gasteiger partial charge < -0.3 is 10.2 Å². The van der Waals surface area contributed by atoms with Crippen LogP contribution in [-0.4, -0.2) is 34.5 Å². The molecule has 0 fully saturated rings. The topological polar surface area (TPSA) is 100 Å². The van der Waals surface area contributed by atoms with Gasteiger partial charge in [0.1, 0.15) is 5.65 Å². The maximum atomic E-state index is 12.7. The fourth-order valence-electron chi connectivity index (χ4n) is 2.92. The smallest absolute Gasteiger partial charge is 0.329 e. The summed E-state index contributed by atoms with van der Waals surface area (Å²) in [6, 6.07) is 6.61. The van der Waals surface area contributed by atoms with Crippen LogP contribution in [0, 0.1) is 0 Å². The van der Waals surface area contributed by atoms with Crippen LogP contribution in [0.3, 0.4) is 0 Å². The van der Waals surface area contributed by atoms with Gasteiger partial charge in [0.25, 0.3) is 11.5 Å². The van der Waals surface area contributed by atoms with Gasteiger partial charge in [-0.25, -0.2) is 9.78 Å². The van der Waals surface area contributed by atoms with Crippen LogP contribution in [0.2, 0.25) is 5.02 Å². The highest BCUT2D eigenvalue weighted by atomic mass is 35.5. The van der Waals surface area contributed by atoms with Gasteiger partial charge in [0.05, 0.1) is 22.3 Å². The van der Waals surface area contributed by atoms with Crippen LogP contribution >= 0.6 is 11.6 Å². The summed E-state index contributed by atoms with van der Waals surface area (Å²) < 4.78 is 1.39. The number of benzene rings is 1. The summed E-state index contributed by atoms with van der Waals surface area (Å²) >= 11 is 6.05. The van der Waals surface area contributed by atoms with E-state index in [1.54, 1.807) is 18.2 Å². The van der Waals surface area contributed by atoms with E-state index >= 15 is 0 Å². The number of pyridine rings is 1. The lowest BCUT2D eigenvalue weighted by molar-refractivity contribution is 0.102. The maximum Gasteiger partial charge on any atom is 0.329 e. The second-order valence-electron chi connectivity index (χ2n) is 6.52. The molecule has 0 saturated carbocycles. The zero-order valence-corrected chi connectivity index (χ0v) is 16.5. The van der Waals surface area contributed by atoms with E-state index in [2.05, 4.69) is 15.3 Å². The van der Waals surface area contributed by atoms with Crippen molar-refractivity contribution in [3.8, 4) is 0 Å². The van der Waals surface area contributed by atoms with Crippen LogP contribution in [0.15, 0.2) is 40.1 Å². The number of carbonyl (C=O) groups is 1. The quantitative estimate of drug-likeness (QED) is 0.684. The molecule has 0 aliphatic heterocycles. The fourth-order valence-corrected chi connectivity index (χ4v) is 3.09. The molecule has 8 nitrogen and oxygen atoms in total. The highest BCUT2D eigenvalue weighted by molar-refractivity contribution is 6.31. The molecule has 1 aromatic carbocycles. The molecule has 0 radical (unpaired) electrons. The molecule has 0 saturated heterocycles. The molecule has 0 aliphatic rings. The van der Waals surface area contributed by atoms with Crippen LogP contribution in [0.25, 0.3) is 11.0 Å². The molecule has 2 N–H and O–H groups in total. The molecule has 0 aliphatic carbocycles.